The zero-order valence-electron chi connectivity index (χ0n) is 12.6. The summed E-state index contributed by atoms with van der Waals surface area (Å²) >= 11 is 12.0. The lowest BCUT2D eigenvalue weighted by atomic mass is 10.2. The van der Waals surface area contributed by atoms with Crippen molar-refractivity contribution in [1.82, 2.24) is 9.55 Å². The summed E-state index contributed by atoms with van der Waals surface area (Å²) in [6.07, 6.45) is 2.98. The number of carbonyl (C=O) groups excluding carboxylic acids is 1. The number of ether oxygens (including phenoxy) is 1. The Morgan fingerprint density at radius 1 is 1.25 bits per heavy atom. The maximum Gasteiger partial charge on any atom is 0.343 e. The van der Waals surface area contributed by atoms with E-state index >= 15 is 0 Å². The predicted octanol–water partition coefficient (Wildman–Crippen LogP) is 3.87. The molecule has 0 atom stereocenters. The Kier molecular flexibility index (Phi) is 4.55. The Morgan fingerprint density at radius 2 is 2.04 bits per heavy atom. The highest BCUT2D eigenvalue weighted by Crippen LogP contribution is 2.26. The van der Waals surface area contributed by atoms with Gasteiger partial charge in [0.15, 0.2) is 0 Å². The van der Waals surface area contributed by atoms with Crippen molar-refractivity contribution in [2.24, 2.45) is 0 Å². The number of esters is 1. The monoisotopic (exact) mass is 362 g/mol. The largest absolute Gasteiger partial charge is 0.462 e. The van der Waals surface area contributed by atoms with E-state index in [2.05, 4.69) is 4.98 Å². The molecule has 0 aliphatic rings. The van der Waals surface area contributed by atoms with Crippen molar-refractivity contribution in [3.8, 4) is 5.69 Å². The summed E-state index contributed by atoms with van der Waals surface area (Å²) in [7, 11) is 0. The van der Waals surface area contributed by atoms with Crippen LogP contribution < -0.4 is 5.43 Å². The maximum absolute atomic E-state index is 12.5. The van der Waals surface area contributed by atoms with Gasteiger partial charge in [-0.1, -0.05) is 23.2 Å². The van der Waals surface area contributed by atoms with E-state index in [-0.39, 0.29) is 12.2 Å². The highest BCUT2D eigenvalue weighted by molar-refractivity contribution is 6.42. The van der Waals surface area contributed by atoms with Gasteiger partial charge in [-0.25, -0.2) is 9.78 Å². The molecule has 0 bridgehead atoms. The first-order valence-electron chi connectivity index (χ1n) is 7.16. The molecule has 3 rings (SSSR count). The normalized spacial score (nSPS) is 10.8. The Labute approximate surface area is 147 Å². The Balaban J connectivity index is 2.34. The average Bonchev–Trinajstić information content (AvgIpc) is 2.58. The molecular formula is C17H12Cl2N2O3. The number of hydrogen-bond acceptors (Lipinski definition) is 4. The number of rotatable bonds is 3. The summed E-state index contributed by atoms with van der Waals surface area (Å²) in [4.78, 5) is 28.9. The third-order valence-electron chi connectivity index (χ3n) is 3.44. The molecule has 0 aliphatic heterocycles. The van der Waals surface area contributed by atoms with Gasteiger partial charge in [-0.05, 0) is 37.3 Å². The number of hydrogen-bond donors (Lipinski definition) is 0. The van der Waals surface area contributed by atoms with Crippen LogP contribution in [-0.4, -0.2) is 22.1 Å². The van der Waals surface area contributed by atoms with Gasteiger partial charge in [0.05, 0.1) is 22.0 Å². The van der Waals surface area contributed by atoms with Gasteiger partial charge in [0.25, 0.3) is 0 Å². The van der Waals surface area contributed by atoms with Gasteiger partial charge >= 0.3 is 5.97 Å². The molecule has 0 aliphatic carbocycles. The maximum atomic E-state index is 12.5. The van der Waals surface area contributed by atoms with Gasteiger partial charge in [0, 0.05) is 18.1 Å². The van der Waals surface area contributed by atoms with E-state index in [1.54, 1.807) is 48.0 Å². The second-order valence-corrected chi connectivity index (χ2v) is 5.75. The number of pyridine rings is 2. The van der Waals surface area contributed by atoms with Crippen molar-refractivity contribution in [3.05, 3.63) is 68.6 Å². The number of carbonyl (C=O) groups is 1. The Bertz CT molecular complexity index is 999. The van der Waals surface area contributed by atoms with Crippen molar-refractivity contribution in [3.63, 3.8) is 0 Å². The average molecular weight is 363 g/mol. The molecule has 0 spiro atoms. The predicted molar refractivity (Wildman–Crippen MR) is 93.3 cm³/mol. The number of halogens is 2. The second-order valence-electron chi connectivity index (χ2n) is 4.94. The third-order valence-corrected chi connectivity index (χ3v) is 4.18. The lowest BCUT2D eigenvalue weighted by molar-refractivity contribution is 0.0524. The summed E-state index contributed by atoms with van der Waals surface area (Å²) in [6.45, 7) is 1.86. The van der Waals surface area contributed by atoms with Crippen molar-refractivity contribution in [1.29, 1.82) is 0 Å². The SMILES string of the molecule is CCOC(=O)c1cn(-c2ccc(Cl)c(Cl)c2)c2ncccc2c1=O. The van der Waals surface area contributed by atoms with Crippen molar-refractivity contribution in [2.75, 3.05) is 6.61 Å². The van der Waals surface area contributed by atoms with E-state index in [0.29, 0.717) is 26.8 Å². The van der Waals surface area contributed by atoms with Crippen molar-refractivity contribution in [2.45, 2.75) is 6.92 Å². The van der Waals surface area contributed by atoms with Crippen molar-refractivity contribution < 1.29 is 9.53 Å². The molecule has 2 heterocycles. The van der Waals surface area contributed by atoms with E-state index in [9.17, 15) is 9.59 Å². The van der Waals surface area contributed by atoms with E-state index in [1.807, 2.05) is 0 Å². The summed E-state index contributed by atoms with van der Waals surface area (Å²) < 4.78 is 6.59. The van der Waals surface area contributed by atoms with Gasteiger partial charge in [-0.15, -0.1) is 0 Å². The van der Waals surface area contributed by atoms with E-state index in [4.69, 9.17) is 27.9 Å². The lowest BCUT2D eigenvalue weighted by Crippen LogP contribution is -2.21. The molecule has 122 valence electrons. The lowest BCUT2D eigenvalue weighted by Gasteiger charge is -2.13. The minimum atomic E-state index is -0.679. The molecule has 0 saturated carbocycles. The van der Waals surface area contributed by atoms with Gasteiger partial charge in [0.1, 0.15) is 11.2 Å². The first-order chi connectivity index (χ1) is 11.5. The van der Waals surface area contributed by atoms with Crippen LogP contribution in [0.3, 0.4) is 0 Å². The number of nitrogens with zero attached hydrogens (tertiary/aromatic N) is 2. The van der Waals surface area contributed by atoms with Crippen LogP contribution in [-0.2, 0) is 4.74 Å². The van der Waals surface area contributed by atoms with Gasteiger partial charge in [0.2, 0.25) is 5.43 Å². The topological polar surface area (TPSA) is 61.2 Å². The van der Waals surface area contributed by atoms with Crippen LogP contribution in [0.15, 0.2) is 47.5 Å². The molecule has 5 nitrogen and oxygen atoms in total. The van der Waals surface area contributed by atoms with Crippen LogP contribution in [0.2, 0.25) is 10.0 Å². The van der Waals surface area contributed by atoms with Gasteiger partial charge in [-0.2, -0.15) is 0 Å². The van der Waals surface area contributed by atoms with E-state index in [1.165, 1.54) is 6.20 Å². The molecular weight excluding hydrogens is 351 g/mol. The minimum Gasteiger partial charge on any atom is -0.462 e. The smallest absolute Gasteiger partial charge is 0.343 e. The molecule has 0 radical (unpaired) electrons. The fourth-order valence-electron chi connectivity index (χ4n) is 2.35. The molecule has 1 aromatic carbocycles. The van der Waals surface area contributed by atoms with E-state index < -0.39 is 11.4 Å². The molecule has 0 unspecified atom stereocenters. The molecule has 0 fully saturated rings. The number of aromatic nitrogens is 2. The van der Waals surface area contributed by atoms with E-state index in [0.717, 1.165) is 0 Å². The molecule has 2 aromatic heterocycles. The molecule has 3 aromatic rings. The van der Waals surface area contributed by atoms with Crippen LogP contribution in [0, 0.1) is 0 Å². The van der Waals surface area contributed by atoms with Crippen LogP contribution in [0.25, 0.3) is 16.7 Å². The Morgan fingerprint density at radius 3 is 2.75 bits per heavy atom. The van der Waals surface area contributed by atoms with Crippen molar-refractivity contribution >= 4 is 40.2 Å². The molecule has 0 amide bonds. The molecule has 24 heavy (non-hydrogen) atoms. The number of fused-ring (bicyclic) bond motifs is 1. The fraction of sp³-hybridized carbons (Fsp3) is 0.118. The molecule has 0 N–H and O–H groups in total. The summed E-state index contributed by atoms with van der Waals surface area (Å²) in [5.41, 5.74) is 0.545. The van der Waals surface area contributed by atoms with Crippen LogP contribution >= 0.6 is 23.2 Å². The zero-order chi connectivity index (χ0) is 17.3. The quantitative estimate of drug-likeness (QED) is 0.663. The Hall–Kier alpha value is -2.37. The minimum absolute atomic E-state index is 0.0663. The van der Waals surface area contributed by atoms with Gasteiger partial charge < -0.3 is 9.30 Å². The van der Waals surface area contributed by atoms with Crippen LogP contribution in [0.4, 0.5) is 0 Å². The summed E-state index contributed by atoms with van der Waals surface area (Å²) in [6, 6.07) is 8.24. The fourth-order valence-corrected chi connectivity index (χ4v) is 2.64. The first kappa shape index (κ1) is 16.5. The summed E-state index contributed by atoms with van der Waals surface area (Å²) in [5, 5.41) is 1.08. The highest BCUT2D eigenvalue weighted by Gasteiger charge is 2.18. The standard InChI is InChI=1S/C17H12Cl2N2O3/c1-2-24-17(23)12-9-21(10-5-6-13(18)14(19)8-10)16-11(15(12)22)4-3-7-20-16/h3-9H,2H2,1H3. The molecule has 0 saturated heterocycles. The van der Waals surface area contributed by atoms with Crippen LogP contribution in [0.1, 0.15) is 17.3 Å². The highest BCUT2D eigenvalue weighted by atomic mass is 35.5. The molecule has 7 heteroatoms. The second kappa shape index (κ2) is 6.63. The van der Waals surface area contributed by atoms with Crippen LogP contribution in [0.5, 0.6) is 0 Å². The summed E-state index contributed by atoms with van der Waals surface area (Å²) in [5.74, 6) is -0.679. The zero-order valence-corrected chi connectivity index (χ0v) is 14.1. The van der Waals surface area contributed by atoms with Gasteiger partial charge in [-0.3, -0.25) is 4.79 Å². The number of benzene rings is 1. The first-order valence-corrected chi connectivity index (χ1v) is 7.91. The third kappa shape index (κ3) is 2.88.